The maximum Gasteiger partial charge on any atom is 0.271 e. The third-order valence-corrected chi connectivity index (χ3v) is 3.78. The molecule has 0 aliphatic rings. The molecule has 0 atom stereocenters. The standard InChI is InChI=1S/C12H12Br2N4O3/c1-21-3-2-17-11(7-13)15-16-12(17)8-4-9(14)6-10(5-8)18(19)20/h4-6H,2-3,7H2,1H3. The minimum atomic E-state index is -0.435. The predicted molar refractivity (Wildman–Crippen MR) is 84.3 cm³/mol. The van der Waals surface area contributed by atoms with Crippen molar-refractivity contribution in [2.24, 2.45) is 0 Å². The lowest BCUT2D eigenvalue weighted by atomic mass is 10.2. The Labute approximate surface area is 137 Å². The normalized spacial score (nSPS) is 10.8. The molecule has 0 unspecified atom stereocenters. The number of nitro benzene ring substituents is 1. The summed E-state index contributed by atoms with van der Waals surface area (Å²) in [5.41, 5.74) is 0.632. The maximum absolute atomic E-state index is 11.0. The summed E-state index contributed by atoms with van der Waals surface area (Å²) < 4.78 is 7.58. The molecule has 1 heterocycles. The molecule has 2 aromatic rings. The van der Waals surface area contributed by atoms with Crippen LogP contribution in [0, 0.1) is 10.1 Å². The number of halogens is 2. The van der Waals surface area contributed by atoms with Crippen molar-refractivity contribution in [1.82, 2.24) is 14.8 Å². The Morgan fingerprint density at radius 1 is 1.38 bits per heavy atom. The van der Waals surface area contributed by atoms with E-state index in [2.05, 4.69) is 42.1 Å². The summed E-state index contributed by atoms with van der Waals surface area (Å²) in [6.45, 7) is 1.07. The molecule has 0 aliphatic heterocycles. The van der Waals surface area contributed by atoms with E-state index in [1.165, 1.54) is 12.1 Å². The summed E-state index contributed by atoms with van der Waals surface area (Å²) in [5, 5.41) is 19.7. The molecular formula is C12H12Br2N4O3. The molecule has 0 radical (unpaired) electrons. The smallest absolute Gasteiger partial charge is 0.271 e. The van der Waals surface area contributed by atoms with Crippen LogP contribution >= 0.6 is 31.9 Å². The number of methoxy groups -OCH3 is 1. The second kappa shape index (κ2) is 7.10. The molecule has 0 spiro atoms. The van der Waals surface area contributed by atoms with Crippen LogP contribution in [0.2, 0.25) is 0 Å². The van der Waals surface area contributed by atoms with Crippen molar-refractivity contribution in [3.63, 3.8) is 0 Å². The third kappa shape index (κ3) is 3.66. The first-order valence-corrected chi connectivity index (χ1v) is 7.90. The van der Waals surface area contributed by atoms with Crippen LogP contribution < -0.4 is 0 Å². The first-order chi connectivity index (χ1) is 10.1. The molecule has 0 saturated carbocycles. The van der Waals surface area contributed by atoms with E-state index in [0.29, 0.717) is 34.3 Å². The van der Waals surface area contributed by atoms with Gasteiger partial charge in [0.05, 0.1) is 16.9 Å². The van der Waals surface area contributed by atoms with E-state index in [9.17, 15) is 10.1 Å². The van der Waals surface area contributed by atoms with Gasteiger partial charge < -0.3 is 9.30 Å². The zero-order valence-corrected chi connectivity index (χ0v) is 14.3. The number of non-ortho nitro benzene ring substituents is 1. The Morgan fingerprint density at radius 3 is 2.76 bits per heavy atom. The maximum atomic E-state index is 11.0. The number of nitrogens with zero attached hydrogens (tertiary/aromatic N) is 4. The van der Waals surface area contributed by atoms with Gasteiger partial charge in [-0.15, -0.1) is 10.2 Å². The fourth-order valence-electron chi connectivity index (χ4n) is 1.87. The minimum Gasteiger partial charge on any atom is -0.383 e. The lowest BCUT2D eigenvalue weighted by molar-refractivity contribution is -0.384. The molecule has 7 nitrogen and oxygen atoms in total. The van der Waals surface area contributed by atoms with Crippen molar-refractivity contribution in [2.45, 2.75) is 11.9 Å². The molecule has 0 aliphatic carbocycles. The topological polar surface area (TPSA) is 83.1 Å². The van der Waals surface area contributed by atoms with E-state index >= 15 is 0 Å². The van der Waals surface area contributed by atoms with E-state index in [1.807, 2.05) is 4.57 Å². The van der Waals surface area contributed by atoms with Crippen molar-refractivity contribution in [2.75, 3.05) is 13.7 Å². The first-order valence-electron chi connectivity index (χ1n) is 5.99. The second-order valence-electron chi connectivity index (χ2n) is 4.17. The number of rotatable bonds is 6. The Kier molecular flexibility index (Phi) is 5.43. The molecule has 112 valence electrons. The number of benzene rings is 1. The number of ether oxygens (including phenoxy) is 1. The minimum absolute atomic E-state index is 0.000980. The summed E-state index contributed by atoms with van der Waals surface area (Å²) >= 11 is 6.64. The highest BCUT2D eigenvalue weighted by molar-refractivity contribution is 9.10. The summed E-state index contributed by atoms with van der Waals surface area (Å²) in [7, 11) is 1.61. The molecule has 1 aromatic carbocycles. The zero-order valence-electron chi connectivity index (χ0n) is 11.1. The van der Waals surface area contributed by atoms with Crippen molar-refractivity contribution in [3.05, 3.63) is 38.6 Å². The molecule has 9 heteroatoms. The monoisotopic (exact) mass is 418 g/mol. The van der Waals surface area contributed by atoms with Crippen LogP contribution in [0.4, 0.5) is 5.69 Å². The highest BCUT2D eigenvalue weighted by Gasteiger charge is 2.17. The van der Waals surface area contributed by atoms with E-state index in [1.54, 1.807) is 13.2 Å². The molecule has 0 amide bonds. The van der Waals surface area contributed by atoms with Crippen LogP contribution in [0.25, 0.3) is 11.4 Å². The van der Waals surface area contributed by atoms with Crippen LogP contribution in [-0.4, -0.2) is 33.4 Å². The van der Waals surface area contributed by atoms with Crippen molar-refractivity contribution >= 4 is 37.5 Å². The van der Waals surface area contributed by atoms with E-state index in [-0.39, 0.29) is 5.69 Å². The summed E-state index contributed by atoms with van der Waals surface area (Å²) in [6, 6.07) is 4.71. The van der Waals surface area contributed by atoms with Gasteiger partial charge in [-0.3, -0.25) is 10.1 Å². The van der Waals surface area contributed by atoms with Crippen LogP contribution in [0.1, 0.15) is 5.82 Å². The quantitative estimate of drug-likeness (QED) is 0.408. The molecule has 2 rings (SSSR count). The van der Waals surface area contributed by atoms with Gasteiger partial charge >= 0.3 is 0 Å². The van der Waals surface area contributed by atoms with Crippen molar-refractivity contribution < 1.29 is 9.66 Å². The average Bonchev–Trinajstić information content (AvgIpc) is 2.87. The predicted octanol–water partition coefficient (Wildman–Crippen LogP) is 3.16. The second-order valence-corrected chi connectivity index (χ2v) is 5.65. The highest BCUT2D eigenvalue weighted by Crippen LogP contribution is 2.28. The molecule has 0 fully saturated rings. The van der Waals surface area contributed by atoms with Crippen LogP contribution in [0.15, 0.2) is 22.7 Å². The van der Waals surface area contributed by atoms with E-state index in [4.69, 9.17) is 4.74 Å². The van der Waals surface area contributed by atoms with Gasteiger partial charge in [0.25, 0.3) is 5.69 Å². The van der Waals surface area contributed by atoms with Crippen LogP contribution in [0.3, 0.4) is 0 Å². The number of aromatic nitrogens is 3. The summed E-state index contributed by atoms with van der Waals surface area (Å²) in [4.78, 5) is 10.5. The largest absolute Gasteiger partial charge is 0.383 e. The SMILES string of the molecule is COCCn1c(CBr)nnc1-c1cc(Br)cc([N+](=O)[O-])c1. The fourth-order valence-corrected chi connectivity index (χ4v) is 2.77. The Hall–Kier alpha value is -1.32. The number of hydrogen-bond acceptors (Lipinski definition) is 5. The molecule has 0 saturated heterocycles. The average molecular weight is 420 g/mol. The molecule has 0 N–H and O–H groups in total. The van der Waals surface area contributed by atoms with Gasteiger partial charge in [-0.1, -0.05) is 31.9 Å². The van der Waals surface area contributed by atoms with E-state index < -0.39 is 4.92 Å². The van der Waals surface area contributed by atoms with Gasteiger partial charge in [-0.2, -0.15) is 0 Å². The summed E-state index contributed by atoms with van der Waals surface area (Å²) in [5.74, 6) is 1.32. The fraction of sp³-hybridized carbons (Fsp3) is 0.333. The van der Waals surface area contributed by atoms with Gasteiger partial charge in [-0.05, 0) is 6.07 Å². The first kappa shape index (κ1) is 16.1. The van der Waals surface area contributed by atoms with Crippen molar-refractivity contribution in [3.8, 4) is 11.4 Å². The Bertz CT molecular complexity index is 660. The lowest BCUT2D eigenvalue weighted by Crippen LogP contribution is -2.09. The summed E-state index contributed by atoms with van der Waals surface area (Å²) in [6.07, 6.45) is 0. The number of hydrogen-bond donors (Lipinski definition) is 0. The Morgan fingerprint density at radius 2 is 2.14 bits per heavy atom. The van der Waals surface area contributed by atoms with Gasteiger partial charge in [-0.25, -0.2) is 0 Å². The van der Waals surface area contributed by atoms with Crippen molar-refractivity contribution in [1.29, 1.82) is 0 Å². The van der Waals surface area contributed by atoms with Crippen LogP contribution in [-0.2, 0) is 16.6 Å². The van der Waals surface area contributed by atoms with Gasteiger partial charge in [0.1, 0.15) is 5.82 Å². The molecular weight excluding hydrogens is 408 g/mol. The number of nitro groups is 1. The Balaban J connectivity index is 2.50. The van der Waals surface area contributed by atoms with Gasteiger partial charge in [0.2, 0.25) is 0 Å². The highest BCUT2D eigenvalue weighted by atomic mass is 79.9. The molecule has 1 aromatic heterocycles. The molecule has 21 heavy (non-hydrogen) atoms. The van der Waals surface area contributed by atoms with Gasteiger partial charge in [0, 0.05) is 35.8 Å². The zero-order chi connectivity index (χ0) is 15.4. The van der Waals surface area contributed by atoms with Crippen LogP contribution in [0.5, 0.6) is 0 Å². The lowest BCUT2D eigenvalue weighted by Gasteiger charge is -2.09. The van der Waals surface area contributed by atoms with E-state index in [0.717, 1.165) is 5.82 Å². The van der Waals surface area contributed by atoms with Gasteiger partial charge in [0.15, 0.2) is 5.82 Å². The third-order valence-electron chi connectivity index (χ3n) is 2.82. The molecule has 0 bridgehead atoms. The number of alkyl halides is 1.